The molecule has 3 N–H and O–H groups in total. The predicted molar refractivity (Wildman–Crippen MR) is 349 cm³/mol. The van der Waals surface area contributed by atoms with Crippen molar-refractivity contribution in [3.63, 3.8) is 0 Å². The highest BCUT2D eigenvalue weighted by Gasteiger charge is 2.36. The van der Waals surface area contributed by atoms with Gasteiger partial charge in [0.25, 0.3) is 0 Å². The molecular formula is C61H62N12O7S6. The van der Waals surface area contributed by atoms with Gasteiger partial charge in [0.15, 0.2) is 29.5 Å². The number of nitrogens with zero attached hydrogens (tertiary/aromatic N) is 10. The number of aromatic hydroxyl groups is 1. The maximum Gasteiger partial charge on any atom is 0.186 e. The summed E-state index contributed by atoms with van der Waals surface area (Å²) in [5.74, 6) is 1.37. The van der Waals surface area contributed by atoms with E-state index in [1.165, 1.54) is 31.1 Å². The summed E-state index contributed by atoms with van der Waals surface area (Å²) in [4.78, 5) is 41.6. The molecule has 0 radical (unpaired) electrons. The number of sulfone groups is 3. The lowest BCUT2D eigenvalue weighted by Gasteiger charge is -2.25. The Hall–Kier alpha value is -7.94. The molecule has 6 heterocycles. The van der Waals surface area contributed by atoms with E-state index in [0.29, 0.717) is 72.1 Å². The molecule has 0 saturated carbocycles. The summed E-state index contributed by atoms with van der Waals surface area (Å²) in [5, 5.41) is 18.7. The van der Waals surface area contributed by atoms with Gasteiger partial charge >= 0.3 is 0 Å². The highest BCUT2D eigenvalue weighted by molar-refractivity contribution is 7.93. The van der Waals surface area contributed by atoms with Crippen LogP contribution in [0.3, 0.4) is 0 Å². The fourth-order valence-corrected chi connectivity index (χ4v) is 15.3. The van der Waals surface area contributed by atoms with Crippen molar-refractivity contribution in [3.8, 4) is 5.75 Å². The molecule has 0 amide bonds. The van der Waals surface area contributed by atoms with E-state index in [1.54, 1.807) is 132 Å². The van der Waals surface area contributed by atoms with Crippen molar-refractivity contribution in [2.24, 2.45) is 0 Å². The summed E-state index contributed by atoms with van der Waals surface area (Å²) in [5.41, 5.74) is 13.9. The molecule has 0 aliphatic carbocycles. The zero-order valence-corrected chi connectivity index (χ0v) is 54.0. The molecule has 0 aliphatic rings. The van der Waals surface area contributed by atoms with Gasteiger partial charge < -0.3 is 20.6 Å². The van der Waals surface area contributed by atoms with Crippen LogP contribution in [0.25, 0.3) is 63.4 Å². The fraction of sp³-hybridized carbons (Fsp3) is 0.262. The average molecular weight is 1270 g/mol. The monoisotopic (exact) mass is 1270 g/mol. The second kappa shape index (κ2) is 23.1. The van der Waals surface area contributed by atoms with E-state index >= 15 is 0 Å². The second-order valence-corrected chi connectivity index (χ2v) is 33.8. The number of phenols is 1. The molecule has 0 aliphatic heterocycles. The molecule has 25 heteroatoms. The SMILES string of the molecule is CC(C)(C)S(=O)(=O)c1cc2c(Nc3ccc4scnc4c3)ncnc2cc1O.CCN(c1ccc2scnc2c1)c1ncnc2cc(C)c(S(=O)(=O)C(C)(C)C)cc12.Cc1cc2ncnc(Nc3ccc4scnc4c3)c2cc1S(=O)(=O)C(C)(C)C. The summed E-state index contributed by atoms with van der Waals surface area (Å²) in [6, 6.07) is 27.6. The van der Waals surface area contributed by atoms with Crippen LogP contribution in [0.2, 0.25) is 0 Å². The molecule has 19 nitrogen and oxygen atoms in total. The summed E-state index contributed by atoms with van der Waals surface area (Å²) in [6.45, 7) is 21.4. The number of anilines is 6. The summed E-state index contributed by atoms with van der Waals surface area (Å²) >= 11 is 4.74. The molecule has 0 bridgehead atoms. The Morgan fingerprint density at radius 3 is 1.28 bits per heavy atom. The van der Waals surface area contributed by atoms with Gasteiger partial charge in [0.1, 0.15) is 47.1 Å². The van der Waals surface area contributed by atoms with Gasteiger partial charge in [0.2, 0.25) is 0 Å². The third kappa shape index (κ3) is 11.9. The first kappa shape index (κ1) is 61.2. The summed E-state index contributed by atoms with van der Waals surface area (Å²) < 4.78 is 78.7. The molecule has 0 unspecified atom stereocenters. The van der Waals surface area contributed by atoms with E-state index in [-0.39, 0.29) is 10.6 Å². The van der Waals surface area contributed by atoms with Crippen LogP contribution in [-0.4, -0.2) is 96.0 Å². The van der Waals surface area contributed by atoms with Crippen molar-refractivity contribution in [3.05, 3.63) is 138 Å². The predicted octanol–water partition coefficient (Wildman–Crippen LogP) is 14.4. The molecule has 6 aromatic carbocycles. The number of rotatable bonds is 10. The Kier molecular flexibility index (Phi) is 16.4. The standard InChI is InChI=1S/C22H24N4O2S2.C20H20N4O2S2.C19H18N4O3S2/c1-6-26(15-7-8-19-18(10-15)25-13-29-19)21-16-11-20(30(27,28)22(3,4)5)14(2)9-17(16)23-12-24-21;1-12-7-15-14(9-18(12)28(25,26)20(2,3)4)19(22-10-21-15)24-13-5-6-17-16(8-13)23-11-27-17;1-19(2,3)28(25,26)17-7-12-13(8-15(17)24)20-9-21-18(12)23-11-4-5-16-14(6-11)22-10-27-16/h7-13H,6H2,1-5H3;5-11H,1-4H3,(H,21,22,24);4-10,24H,1-3H3,(H,20,21,23). The summed E-state index contributed by atoms with van der Waals surface area (Å²) in [6.07, 6.45) is 4.37. The van der Waals surface area contributed by atoms with Crippen LogP contribution in [0.1, 0.15) is 80.4 Å². The number of phenolic OH excluding ortho intramolecular Hbond substituents is 1. The normalized spacial score (nSPS) is 12.6. The van der Waals surface area contributed by atoms with Gasteiger partial charge in [-0.2, -0.15) is 0 Å². The van der Waals surface area contributed by atoms with Crippen molar-refractivity contribution >= 4 is 161 Å². The number of thiazole rings is 3. The van der Waals surface area contributed by atoms with E-state index in [1.807, 2.05) is 80.0 Å². The van der Waals surface area contributed by atoms with Gasteiger partial charge in [-0.3, -0.25) is 0 Å². The van der Waals surface area contributed by atoms with Crippen molar-refractivity contribution in [2.75, 3.05) is 22.1 Å². The van der Waals surface area contributed by atoms with Gasteiger partial charge in [-0.1, -0.05) is 0 Å². The van der Waals surface area contributed by atoms with Crippen molar-refractivity contribution in [1.82, 2.24) is 44.9 Å². The zero-order valence-electron chi connectivity index (χ0n) is 49.1. The molecule has 12 aromatic rings. The van der Waals surface area contributed by atoms with Crippen LogP contribution in [0.5, 0.6) is 5.75 Å². The molecular weight excluding hydrogens is 1210 g/mol. The highest BCUT2D eigenvalue weighted by atomic mass is 32.2. The van der Waals surface area contributed by atoms with Crippen molar-refractivity contribution in [2.45, 2.75) is 112 Å². The molecule has 0 fully saturated rings. The number of nitrogens with one attached hydrogen (secondary N) is 2. The Labute approximate surface area is 510 Å². The number of aromatic nitrogens is 9. The zero-order chi connectivity index (χ0) is 61.9. The first-order valence-corrected chi connectivity index (χ1v) is 34.1. The van der Waals surface area contributed by atoms with Crippen LogP contribution in [0.4, 0.5) is 34.5 Å². The fourth-order valence-electron chi connectivity index (χ4n) is 9.25. The molecule has 0 spiro atoms. The van der Waals surface area contributed by atoms with Crippen molar-refractivity contribution in [1.29, 1.82) is 0 Å². The van der Waals surface area contributed by atoms with Gasteiger partial charge in [-0.15, -0.1) is 34.0 Å². The minimum absolute atomic E-state index is 0.139. The second-order valence-electron chi connectivity index (χ2n) is 23.2. The Morgan fingerprint density at radius 2 is 0.826 bits per heavy atom. The number of hydrogen-bond donors (Lipinski definition) is 3. The number of fused-ring (bicyclic) bond motifs is 6. The van der Waals surface area contributed by atoms with Crippen LogP contribution < -0.4 is 15.5 Å². The topological polar surface area (TPSA) is 266 Å². The lowest BCUT2D eigenvalue weighted by atomic mass is 10.1. The third-order valence-electron chi connectivity index (χ3n) is 14.2. The molecule has 6 aromatic heterocycles. The van der Waals surface area contributed by atoms with Crippen LogP contribution in [-0.2, 0) is 29.5 Å². The lowest BCUT2D eigenvalue weighted by molar-refractivity contribution is 0.457. The van der Waals surface area contributed by atoms with Gasteiger partial charge in [0.05, 0.1) is 87.8 Å². The first-order chi connectivity index (χ1) is 40.5. The third-order valence-corrected chi connectivity index (χ3v) is 24.4. The van der Waals surface area contributed by atoms with Gasteiger partial charge in [0, 0.05) is 45.8 Å². The van der Waals surface area contributed by atoms with Gasteiger partial charge in [-0.05, 0) is 179 Å². The summed E-state index contributed by atoms with van der Waals surface area (Å²) in [7, 11) is -10.8. The Morgan fingerprint density at radius 1 is 0.442 bits per heavy atom. The van der Waals surface area contributed by atoms with Crippen molar-refractivity contribution < 1.29 is 30.4 Å². The Balaban J connectivity index is 0.000000143. The van der Waals surface area contributed by atoms with Crippen LogP contribution in [0, 0.1) is 13.8 Å². The minimum atomic E-state index is -3.75. The van der Waals surface area contributed by atoms with Crippen LogP contribution >= 0.6 is 34.0 Å². The minimum Gasteiger partial charge on any atom is -0.507 e. The molecule has 12 rings (SSSR count). The number of hydrogen-bond acceptors (Lipinski definition) is 22. The van der Waals surface area contributed by atoms with Gasteiger partial charge in [-0.25, -0.2) is 70.1 Å². The average Bonchev–Trinajstić information content (AvgIpc) is 1.09. The maximum absolute atomic E-state index is 13.2. The highest BCUT2D eigenvalue weighted by Crippen LogP contribution is 2.39. The Bertz CT molecular complexity index is 4750. The van der Waals surface area contributed by atoms with E-state index in [4.69, 9.17) is 0 Å². The van der Waals surface area contributed by atoms with E-state index in [2.05, 4.69) is 60.4 Å². The van der Waals surface area contributed by atoms with E-state index in [0.717, 1.165) is 53.2 Å². The molecule has 0 atom stereocenters. The van der Waals surface area contributed by atoms with E-state index in [9.17, 15) is 30.4 Å². The quantitative estimate of drug-likeness (QED) is 0.115. The molecule has 444 valence electrons. The van der Waals surface area contributed by atoms with Crippen LogP contribution in [0.15, 0.2) is 141 Å². The lowest BCUT2D eigenvalue weighted by Crippen LogP contribution is -2.28. The number of benzene rings is 6. The first-order valence-electron chi connectivity index (χ1n) is 27.0. The smallest absolute Gasteiger partial charge is 0.186 e. The molecule has 0 saturated heterocycles. The van der Waals surface area contributed by atoms with E-state index < -0.39 is 43.8 Å². The number of aryl methyl sites for hydroxylation is 2. The molecule has 86 heavy (non-hydrogen) atoms. The maximum atomic E-state index is 13.2. The largest absolute Gasteiger partial charge is 0.507 e.